The minimum atomic E-state index is -3.35. The van der Waals surface area contributed by atoms with E-state index in [0.717, 1.165) is 12.2 Å². The van der Waals surface area contributed by atoms with Crippen LogP contribution in [0.15, 0.2) is 6.20 Å². The van der Waals surface area contributed by atoms with Crippen LogP contribution in [0, 0.1) is 0 Å². The van der Waals surface area contributed by atoms with E-state index >= 15 is 0 Å². The molecule has 0 amide bonds. The Balaban J connectivity index is 2.00. The highest BCUT2D eigenvalue weighted by Crippen LogP contribution is 2.28. The Hall–Kier alpha value is -1.12. The third-order valence-electron chi connectivity index (χ3n) is 3.55. The van der Waals surface area contributed by atoms with Crippen LogP contribution in [-0.2, 0) is 23.3 Å². The Bertz CT molecular complexity index is 567. The maximum Gasteiger partial charge on any atom is 0.304 e. The van der Waals surface area contributed by atoms with Crippen LogP contribution in [0.5, 0.6) is 0 Å². The highest BCUT2D eigenvalue weighted by molar-refractivity contribution is 7.90. The average Bonchev–Trinajstić information content (AvgIpc) is 2.81. The molecule has 1 N–H and O–H groups in total. The Kier molecular flexibility index (Phi) is 2.61. The third kappa shape index (κ3) is 1.63. The largest absolute Gasteiger partial charge is 0.307 e. The van der Waals surface area contributed by atoms with E-state index in [0.29, 0.717) is 31.4 Å². The summed E-state index contributed by atoms with van der Waals surface area (Å²) in [7, 11) is -1.75. The van der Waals surface area contributed by atoms with Crippen molar-refractivity contribution in [2.45, 2.75) is 26.1 Å². The van der Waals surface area contributed by atoms with Gasteiger partial charge < -0.3 is 5.32 Å². The van der Waals surface area contributed by atoms with E-state index in [9.17, 15) is 8.42 Å². The van der Waals surface area contributed by atoms with E-state index in [4.69, 9.17) is 0 Å². The predicted molar refractivity (Wildman–Crippen MR) is 67.4 cm³/mol. The molecule has 0 aliphatic carbocycles. The fraction of sp³-hybridized carbons (Fsp3) is 0.700. The second kappa shape index (κ2) is 3.94. The Labute approximate surface area is 107 Å². The van der Waals surface area contributed by atoms with Crippen LogP contribution in [-0.4, -0.2) is 48.7 Å². The second-order valence-corrected chi connectivity index (χ2v) is 6.80. The van der Waals surface area contributed by atoms with Crippen molar-refractivity contribution in [2.75, 3.05) is 24.4 Å². The number of hydrogen-bond donors (Lipinski definition) is 1. The summed E-state index contributed by atoms with van der Waals surface area (Å²) in [4.78, 5) is 0. The van der Waals surface area contributed by atoms with Gasteiger partial charge in [0.2, 0.25) is 0 Å². The van der Waals surface area contributed by atoms with E-state index in [1.807, 2.05) is 4.68 Å². The summed E-state index contributed by atoms with van der Waals surface area (Å²) in [5.74, 6) is 0. The first-order valence-electron chi connectivity index (χ1n) is 6.02. The van der Waals surface area contributed by atoms with Crippen molar-refractivity contribution < 1.29 is 8.42 Å². The van der Waals surface area contributed by atoms with E-state index in [1.165, 1.54) is 8.61 Å². The van der Waals surface area contributed by atoms with Crippen LogP contribution in [0.2, 0.25) is 0 Å². The molecule has 18 heavy (non-hydrogen) atoms. The number of fused-ring (bicyclic) bond motifs is 1. The van der Waals surface area contributed by atoms with Crippen molar-refractivity contribution in [3.05, 3.63) is 11.9 Å². The molecule has 8 heteroatoms. The van der Waals surface area contributed by atoms with Crippen LogP contribution >= 0.6 is 0 Å². The highest BCUT2D eigenvalue weighted by Gasteiger charge is 2.36. The molecule has 100 valence electrons. The summed E-state index contributed by atoms with van der Waals surface area (Å²) >= 11 is 0. The molecule has 0 spiro atoms. The van der Waals surface area contributed by atoms with E-state index in [1.54, 1.807) is 13.2 Å². The van der Waals surface area contributed by atoms with Crippen LogP contribution in [0.1, 0.15) is 12.6 Å². The van der Waals surface area contributed by atoms with Gasteiger partial charge in [-0.1, -0.05) is 0 Å². The molecule has 2 aliphatic heterocycles. The Morgan fingerprint density at radius 3 is 2.89 bits per heavy atom. The fourth-order valence-electron chi connectivity index (χ4n) is 2.42. The zero-order valence-corrected chi connectivity index (χ0v) is 11.3. The van der Waals surface area contributed by atoms with Crippen molar-refractivity contribution in [1.82, 2.24) is 19.4 Å². The summed E-state index contributed by atoms with van der Waals surface area (Å²) in [5, 5.41) is 7.63. The standard InChI is InChI=1S/C10H17N5O2S/c1-8-7-14-9(5-11-8)10(6-12-14)15-4-3-13(2)18(15,16)17/h6,8,11H,3-5,7H2,1-2H3/t8-/m0/s1. The SMILES string of the molecule is C[C@H]1Cn2ncc(N3CCN(C)S3(=O)=O)c2CN1. The van der Waals surface area contributed by atoms with Crippen LogP contribution in [0.25, 0.3) is 0 Å². The van der Waals surface area contributed by atoms with Gasteiger partial charge in [-0.3, -0.25) is 8.99 Å². The number of anilines is 1. The van der Waals surface area contributed by atoms with Gasteiger partial charge in [-0.25, -0.2) is 0 Å². The van der Waals surface area contributed by atoms with Gasteiger partial charge in [0.1, 0.15) is 0 Å². The van der Waals surface area contributed by atoms with E-state index in [-0.39, 0.29) is 0 Å². The molecule has 0 aromatic carbocycles. The van der Waals surface area contributed by atoms with Gasteiger partial charge in [-0.15, -0.1) is 0 Å². The van der Waals surface area contributed by atoms with Gasteiger partial charge in [0.25, 0.3) is 0 Å². The molecule has 2 aliphatic rings. The topological polar surface area (TPSA) is 70.5 Å². The zero-order chi connectivity index (χ0) is 12.9. The molecule has 0 saturated carbocycles. The molecule has 1 atom stereocenters. The molecule has 7 nitrogen and oxygen atoms in total. The summed E-state index contributed by atoms with van der Waals surface area (Å²) in [6, 6.07) is 0.364. The smallest absolute Gasteiger partial charge is 0.304 e. The molecule has 0 radical (unpaired) electrons. The maximum absolute atomic E-state index is 12.1. The van der Waals surface area contributed by atoms with Crippen LogP contribution in [0.4, 0.5) is 5.69 Å². The molecular formula is C10H17N5O2S. The second-order valence-electron chi connectivity index (χ2n) is 4.84. The minimum absolute atomic E-state index is 0.364. The molecular weight excluding hydrogens is 254 g/mol. The monoisotopic (exact) mass is 271 g/mol. The van der Waals surface area contributed by atoms with Crippen molar-refractivity contribution in [2.24, 2.45) is 0 Å². The number of nitrogens with one attached hydrogen (secondary N) is 1. The normalized spacial score (nSPS) is 27.4. The molecule has 1 aromatic heterocycles. The maximum atomic E-state index is 12.1. The first-order valence-corrected chi connectivity index (χ1v) is 7.42. The first-order chi connectivity index (χ1) is 8.50. The van der Waals surface area contributed by atoms with Crippen molar-refractivity contribution in [3.8, 4) is 0 Å². The molecule has 1 fully saturated rings. The highest BCUT2D eigenvalue weighted by atomic mass is 32.2. The summed E-state index contributed by atoms with van der Waals surface area (Å²) in [5.41, 5.74) is 1.66. The van der Waals surface area contributed by atoms with Crippen molar-refractivity contribution >= 4 is 15.9 Å². The number of likely N-dealkylation sites (N-methyl/N-ethyl adjacent to an activating group) is 1. The van der Waals surface area contributed by atoms with Crippen molar-refractivity contribution in [1.29, 1.82) is 0 Å². The van der Waals surface area contributed by atoms with Gasteiger partial charge in [-0.2, -0.15) is 17.8 Å². The predicted octanol–water partition coefficient (Wildman–Crippen LogP) is -0.629. The van der Waals surface area contributed by atoms with Gasteiger partial charge >= 0.3 is 10.2 Å². The first kappa shape index (κ1) is 11.9. The molecule has 1 aromatic rings. The van der Waals surface area contributed by atoms with Crippen LogP contribution in [0.3, 0.4) is 0 Å². The third-order valence-corrected chi connectivity index (χ3v) is 5.46. The lowest BCUT2D eigenvalue weighted by Gasteiger charge is -2.24. The molecule has 1 saturated heterocycles. The quantitative estimate of drug-likeness (QED) is 0.738. The Morgan fingerprint density at radius 2 is 2.22 bits per heavy atom. The van der Waals surface area contributed by atoms with E-state index < -0.39 is 10.2 Å². The summed E-state index contributed by atoms with van der Waals surface area (Å²) in [6.07, 6.45) is 1.66. The fourth-order valence-corrected chi connectivity index (χ4v) is 3.78. The van der Waals surface area contributed by atoms with Gasteiger partial charge in [0.15, 0.2) is 0 Å². The molecule has 3 heterocycles. The van der Waals surface area contributed by atoms with Crippen LogP contribution < -0.4 is 9.62 Å². The number of aromatic nitrogens is 2. The molecule has 0 bridgehead atoms. The summed E-state index contributed by atoms with van der Waals surface area (Å²) in [6.45, 7) is 4.54. The lowest BCUT2D eigenvalue weighted by atomic mass is 10.2. The lowest BCUT2D eigenvalue weighted by molar-refractivity contribution is 0.389. The number of rotatable bonds is 1. The molecule has 0 unspecified atom stereocenters. The number of hydrogen-bond acceptors (Lipinski definition) is 4. The van der Waals surface area contributed by atoms with E-state index in [2.05, 4.69) is 17.3 Å². The van der Waals surface area contributed by atoms with Gasteiger partial charge in [0, 0.05) is 32.7 Å². The van der Waals surface area contributed by atoms with Crippen molar-refractivity contribution in [3.63, 3.8) is 0 Å². The lowest BCUT2D eigenvalue weighted by Crippen LogP contribution is -2.38. The summed E-state index contributed by atoms with van der Waals surface area (Å²) < 4.78 is 29.0. The zero-order valence-electron chi connectivity index (χ0n) is 10.5. The Morgan fingerprint density at radius 1 is 1.44 bits per heavy atom. The number of nitrogens with zero attached hydrogens (tertiary/aromatic N) is 4. The average molecular weight is 271 g/mol. The van der Waals surface area contributed by atoms with Gasteiger partial charge in [-0.05, 0) is 6.92 Å². The van der Waals surface area contributed by atoms with Gasteiger partial charge in [0.05, 0.1) is 24.1 Å². The molecule has 3 rings (SSSR count). The minimum Gasteiger partial charge on any atom is -0.307 e.